The first kappa shape index (κ1) is 27.8. The van der Waals surface area contributed by atoms with Gasteiger partial charge in [0.2, 0.25) is 0 Å². The molecule has 1 aromatic heterocycles. The Morgan fingerprint density at radius 1 is 0.971 bits per heavy atom. The number of Topliss-reactive ketones (excluding diaryl/α,β-unsaturated/α-hetero) is 1. The van der Waals surface area contributed by atoms with Crippen LogP contribution in [-0.4, -0.2) is 43.6 Å². The van der Waals surface area contributed by atoms with Crippen LogP contribution in [0.4, 0.5) is 5.69 Å². The Morgan fingerprint density at radius 3 is 2.06 bits per heavy atom. The fraction of sp³-hybridized carbons (Fsp3) is 0.280. The van der Waals surface area contributed by atoms with E-state index in [0.717, 1.165) is 36.4 Å². The number of rotatable bonds is 9. The highest BCUT2D eigenvalue weighted by molar-refractivity contribution is 7.85. The van der Waals surface area contributed by atoms with Crippen LogP contribution in [0.25, 0.3) is 0 Å². The summed E-state index contributed by atoms with van der Waals surface area (Å²) in [5.41, 5.74) is 3.98. The number of aromatic nitrogens is 1. The summed E-state index contributed by atoms with van der Waals surface area (Å²) in [6.45, 7) is 5.71. The summed E-state index contributed by atoms with van der Waals surface area (Å²) in [5.74, 6) is 1.23. The number of hydrogen-bond donors (Lipinski definition) is 1. The minimum atomic E-state index is -4.02. The van der Waals surface area contributed by atoms with Crippen molar-refractivity contribution >= 4 is 44.8 Å². The lowest BCUT2D eigenvalue weighted by atomic mass is 10.1. The van der Waals surface area contributed by atoms with Crippen molar-refractivity contribution in [1.82, 2.24) is 0 Å². The van der Waals surface area contributed by atoms with Gasteiger partial charge in [-0.05, 0) is 44.2 Å². The number of anilines is 1. The zero-order chi connectivity index (χ0) is 25.1. The molecule has 1 heterocycles. The molecule has 0 radical (unpaired) electrons. The molecular weight excluding hydrogens is 495 g/mol. The number of carbonyl (C=O) groups excluding carboxylic acids is 1. The summed E-state index contributed by atoms with van der Waals surface area (Å²) < 4.78 is 31.6. The third-order valence-corrected chi connectivity index (χ3v) is 6.17. The van der Waals surface area contributed by atoms with E-state index in [9.17, 15) is 13.2 Å². The van der Waals surface area contributed by atoms with Crippen LogP contribution in [0.3, 0.4) is 0 Å². The number of benzene rings is 2. The van der Waals surface area contributed by atoms with E-state index in [0.29, 0.717) is 11.8 Å². The lowest BCUT2D eigenvalue weighted by Gasteiger charge is -2.22. The average Bonchev–Trinajstić information content (AvgIpc) is 2.80. The van der Waals surface area contributed by atoms with E-state index in [1.54, 1.807) is 19.1 Å². The monoisotopic (exact) mass is 523 g/mol. The third kappa shape index (κ3) is 9.06. The van der Waals surface area contributed by atoms with Gasteiger partial charge in [-0.15, -0.1) is 23.2 Å². The molecular formula is C25H29Cl2N2O4S+. The standard InChI is InChI=1S/C18H21Cl2N2O.C7H8O3S/c1-15(23)17-3-2-10-21(14-17)13-16-4-6-18(7-5-16)22(11-8-19)12-9-20;1-6-2-4-7(5-3-6)11(8,9)10/h2-7,10,14H,8-9,11-13H2,1H3;2-5H,1H3,(H,8,9,10)/q+1;. The van der Waals surface area contributed by atoms with Gasteiger partial charge >= 0.3 is 0 Å². The molecule has 0 fully saturated rings. The first-order valence-corrected chi connectivity index (χ1v) is 13.1. The Hall–Kier alpha value is -2.45. The molecule has 182 valence electrons. The van der Waals surface area contributed by atoms with E-state index in [1.807, 2.05) is 36.0 Å². The van der Waals surface area contributed by atoms with E-state index in [4.69, 9.17) is 27.8 Å². The van der Waals surface area contributed by atoms with E-state index in [1.165, 1.54) is 17.7 Å². The Labute approximate surface area is 211 Å². The highest BCUT2D eigenvalue weighted by atomic mass is 35.5. The number of nitrogens with zero attached hydrogens (tertiary/aromatic N) is 2. The molecule has 0 spiro atoms. The van der Waals surface area contributed by atoms with E-state index in [2.05, 4.69) is 29.2 Å². The number of ketones is 1. The van der Waals surface area contributed by atoms with Crippen molar-refractivity contribution in [3.05, 3.63) is 89.7 Å². The fourth-order valence-corrected chi connectivity index (χ4v) is 4.02. The first-order chi connectivity index (χ1) is 16.1. The maximum Gasteiger partial charge on any atom is 0.294 e. The summed E-state index contributed by atoms with van der Waals surface area (Å²) in [4.78, 5) is 13.6. The van der Waals surface area contributed by atoms with Crippen LogP contribution in [0.5, 0.6) is 0 Å². The van der Waals surface area contributed by atoms with Crippen molar-refractivity contribution in [2.24, 2.45) is 0 Å². The molecule has 0 atom stereocenters. The average molecular weight is 524 g/mol. The van der Waals surface area contributed by atoms with Gasteiger partial charge < -0.3 is 4.90 Å². The van der Waals surface area contributed by atoms with Crippen molar-refractivity contribution < 1.29 is 22.3 Å². The number of aryl methyl sites for hydroxylation is 1. The molecule has 0 bridgehead atoms. The van der Waals surface area contributed by atoms with Crippen LogP contribution in [0.15, 0.2) is 78.0 Å². The van der Waals surface area contributed by atoms with Crippen molar-refractivity contribution in [3.8, 4) is 0 Å². The van der Waals surface area contributed by atoms with Gasteiger partial charge in [-0.3, -0.25) is 9.35 Å². The van der Waals surface area contributed by atoms with Gasteiger partial charge in [0.05, 0.1) is 10.5 Å². The largest absolute Gasteiger partial charge is 0.369 e. The van der Waals surface area contributed by atoms with Crippen LogP contribution in [0.2, 0.25) is 0 Å². The molecule has 0 saturated carbocycles. The van der Waals surface area contributed by atoms with Crippen LogP contribution in [0.1, 0.15) is 28.4 Å². The van der Waals surface area contributed by atoms with Gasteiger partial charge in [0.15, 0.2) is 24.7 Å². The van der Waals surface area contributed by atoms with Gasteiger partial charge in [-0.25, -0.2) is 4.57 Å². The quantitative estimate of drug-likeness (QED) is 0.189. The van der Waals surface area contributed by atoms with Gasteiger partial charge in [0, 0.05) is 42.2 Å². The van der Waals surface area contributed by atoms with E-state index < -0.39 is 10.1 Å². The topological polar surface area (TPSA) is 78.6 Å². The molecule has 0 aliphatic carbocycles. The second-order valence-electron chi connectivity index (χ2n) is 7.64. The first-order valence-electron chi connectivity index (χ1n) is 10.6. The Bertz CT molecular complexity index is 1160. The van der Waals surface area contributed by atoms with Crippen molar-refractivity contribution in [1.29, 1.82) is 0 Å². The SMILES string of the molecule is CC(=O)c1ccc[n+](Cc2ccc(N(CCCl)CCCl)cc2)c1.Cc1ccc(S(=O)(=O)O)cc1. The minimum absolute atomic E-state index is 0.0666. The summed E-state index contributed by atoms with van der Waals surface area (Å²) >= 11 is 11.7. The highest BCUT2D eigenvalue weighted by Gasteiger charge is 2.09. The molecule has 0 aliphatic rings. The molecule has 34 heavy (non-hydrogen) atoms. The van der Waals surface area contributed by atoms with Crippen molar-refractivity contribution in [3.63, 3.8) is 0 Å². The van der Waals surface area contributed by atoms with Crippen molar-refractivity contribution in [2.45, 2.75) is 25.3 Å². The molecule has 0 saturated heterocycles. The summed E-state index contributed by atoms with van der Waals surface area (Å²) in [6, 6.07) is 18.1. The Balaban J connectivity index is 0.000000310. The molecule has 6 nitrogen and oxygen atoms in total. The number of pyridine rings is 1. The predicted molar refractivity (Wildman–Crippen MR) is 137 cm³/mol. The van der Waals surface area contributed by atoms with E-state index >= 15 is 0 Å². The van der Waals surface area contributed by atoms with Gasteiger partial charge in [0.25, 0.3) is 10.1 Å². The maximum absolute atomic E-state index is 11.5. The lowest BCUT2D eigenvalue weighted by Crippen LogP contribution is -2.34. The Morgan fingerprint density at radius 2 is 1.56 bits per heavy atom. The predicted octanol–water partition coefficient (Wildman–Crippen LogP) is 4.75. The van der Waals surface area contributed by atoms with Gasteiger partial charge in [-0.1, -0.05) is 29.8 Å². The second-order valence-corrected chi connectivity index (χ2v) is 9.82. The molecule has 0 unspecified atom stereocenters. The molecule has 3 rings (SSSR count). The third-order valence-electron chi connectivity index (χ3n) is 4.96. The van der Waals surface area contributed by atoms with Crippen LogP contribution >= 0.6 is 23.2 Å². The summed E-state index contributed by atoms with van der Waals surface area (Å²) in [7, 11) is -4.02. The van der Waals surface area contributed by atoms with Crippen LogP contribution in [0, 0.1) is 6.92 Å². The molecule has 1 N–H and O–H groups in total. The number of hydrogen-bond acceptors (Lipinski definition) is 4. The van der Waals surface area contributed by atoms with Gasteiger partial charge in [0.1, 0.15) is 0 Å². The Kier molecular flexibility index (Phi) is 11.0. The highest BCUT2D eigenvalue weighted by Crippen LogP contribution is 2.15. The molecule has 2 aromatic carbocycles. The lowest BCUT2D eigenvalue weighted by molar-refractivity contribution is -0.688. The zero-order valence-corrected chi connectivity index (χ0v) is 21.5. The van der Waals surface area contributed by atoms with Gasteiger partial charge in [-0.2, -0.15) is 8.42 Å². The molecule has 9 heteroatoms. The van der Waals surface area contributed by atoms with Crippen LogP contribution < -0.4 is 9.47 Å². The normalized spacial score (nSPS) is 10.9. The smallest absolute Gasteiger partial charge is 0.294 e. The fourth-order valence-electron chi connectivity index (χ4n) is 3.14. The molecule has 0 amide bonds. The summed E-state index contributed by atoms with van der Waals surface area (Å²) in [5, 5.41) is 0. The molecule has 0 aliphatic heterocycles. The van der Waals surface area contributed by atoms with E-state index in [-0.39, 0.29) is 10.7 Å². The summed E-state index contributed by atoms with van der Waals surface area (Å²) in [6.07, 6.45) is 3.84. The minimum Gasteiger partial charge on any atom is -0.369 e. The van der Waals surface area contributed by atoms with Crippen LogP contribution in [-0.2, 0) is 16.7 Å². The maximum atomic E-state index is 11.5. The zero-order valence-electron chi connectivity index (χ0n) is 19.2. The molecule has 3 aromatic rings. The number of alkyl halides is 2. The number of halogens is 2. The van der Waals surface area contributed by atoms with Crippen molar-refractivity contribution in [2.75, 3.05) is 29.7 Å². The second kappa shape index (κ2) is 13.4. The number of carbonyl (C=O) groups is 1.